The summed E-state index contributed by atoms with van der Waals surface area (Å²) in [5, 5.41) is 6.34. The molecule has 2 rings (SSSR count). The fourth-order valence-electron chi connectivity index (χ4n) is 1.86. The van der Waals surface area contributed by atoms with Crippen molar-refractivity contribution in [2.45, 2.75) is 25.9 Å². The largest absolute Gasteiger partial charge is 0.315 e. The van der Waals surface area contributed by atoms with Crippen LogP contribution in [0.4, 0.5) is 0 Å². The Kier molecular flexibility index (Phi) is 5.05. The minimum atomic E-state index is -0.0283. The number of benzene rings is 1. The molecule has 6 heteroatoms. The minimum Gasteiger partial charge on any atom is -0.315 e. The number of thiazole rings is 1. The topological polar surface area (TPSA) is 44.9 Å². The minimum absolute atomic E-state index is 0.0283. The molecule has 0 aliphatic heterocycles. The van der Waals surface area contributed by atoms with Crippen molar-refractivity contribution in [2.75, 3.05) is 0 Å². The van der Waals surface area contributed by atoms with Crippen molar-refractivity contribution < 1.29 is 0 Å². The van der Waals surface area contributed by atoms with Gasteiger partial charge in [0, 0.05) is 23.7 Å². The Balaban J connectivity index is 2.07. The van der Waals surface area contributed by atoms with Gasteiger partial charge in [-0.2, -0.15) is 0 Å². The molecule has 1 aromatic heterocycles. The standard InChI is InChI=1S/C13H14Cl2N2OS/c1-2-12(8-3-4-10(14)11(15)5-8)16-6-9-7-19-13(18)17-9/h3-5,7,12,16H,2,6H2,1H3,(H,17,18). The summed E-state index contributed by atoms with van der Waals surface area (Å²) in [7, 11) is 0. The molecule has 1 heterocycles. The van der Waals surface area contributed by atoms with Crippen molar-refractivity contribution in [2.24, 2.45) is 0 Å². The maximum atomic E-state index is 11.1. The molecule has 1 unspecified atom stereocenters. The van der Waals surface area contributed by atoms with Crippen LogP contribution < -0.4 is 10.2 Å². The van der Waals surface area contributed by atoms with E-state index >= 15 is 0 Å². The third-order valence-corrected chi connectivity index (χ3v) is 4.32. The number of halogens is 2. The van der Waals surface area contributed by atoms with Crippen LogP contribution in [0.2, 0.25) is 10.0 Å². The first-order valence-electron chi connectivity index (χ1n) is 5.95. The zero-order valence-electron chi connectivity index (χ0n) is 10.4. The number of hydrogen-bond acceptors (Lipinski definition) is 3. The second kappa shape index (κ2) is 6.57. The van der Waals surface area contributed by atoms with Crippen LogP contribution in [0.15, 0.2) is 28.4 Å². The van der Waals surface area contributed by atoms with Gasteiger partial charge in [0.05, 0.1) is 10.0 Å². The van der Waals surface area contributed by atoms with E-state index in [1.807, 2.05) is 17.5 Å². The first kappa shape index (κ1) is 14.6. The molecule has 0 spiro atoms. The molecule has 19 heavy (non-hydrogen) atoms. The SMILES string of the molecule is CCC(NCc1csc(=O)[nH]1)c1ccc(Cl)c(Cl)c1. The molecule has 0 saturated heterocycles. The summed E-state index contributed by atoms with van der Waals surface area (Å²) in [6.07, 6.45) is 0.923. The first-order chi connectivity index (χ1) is 9.10. The lowest BCUT2D eigenvalue weighted by molar-refractivity contribution is 0.515. The molecule has 3 nitrogen and oxygen atoms in total. The fourth-order valence-corrected chi connectivity index (χ4v) is 2.75. The van der Waals surface area contributed by atoms with Crippen molar-refractivity contribution >= 4 is 34.5 Å². The summed E-state index contributed by atoms with van der Waals surface area (Å²) in [5.74, 6) is 0. The van der Waals surface area contributed by atoms with Gasteiger partial charge < -0.3 is 10.3 Å². The van der Waals surface area contributed by atoms with Crippen molar-refractivity contribution in [1.29, 1.82) is 0 Å². The van der Waals surface area contributed by atoms with Crippen molar-refractivity contribution in [1.82, 2.24) is 10.3 Å². The second-order valence-electron chi connectivity index (χ2n) is 4.19. The van der Waals surface area contributed by atoms with Gasteiger partial charge in [-0.25, -0.2) is 0 Å². The van der Waals surface area contributed by atoms with E-state index in [0.29, 0.717) is 16.6 Å². The van der Waals surface area contributed by atoms with Gasteiger partial charge in [-0.3, -0.25) is 4.79 Å². The van der Waals surface area contributed by atoms with Gasteiger partial charge in [0.15, 0.2) is 0 Å². The van der Waals surface area contributed by atoms with Crippen LogP contribution in [-0.4, -0.2) is 4.98 Å². The summed E-state index contributed by atoms with van der Waals surface area (Å²) in [6.45, 7) is 2.72. The molecule has 0 amide bonds. The van der Waals surface area contributed by atoms with Crippen molar-refractivity contribution in [3.8, 4) is 0 Å². The molecule has 1 atom stereocenters. The molecule has 0 fully saturated rings. The van der Waals surface area contributed by atoms with Crippen LogP contribution in [0.1, 0.15) is 30.6 Å². The number of hydrogen-bond donors (Lipinski definition) is 2. The number of aromatic nitrogens is 1. The third-order valence-electron chi connectivity index (χ3n) is 2.86. The Morgan fingerprint density at radius 2 is 2.16 bits per heavy atom. The number of H-pyrrole nitrogens is 1. The maximum Gasteiger partial charge on any atom is 0.304 e. The van der Waals surface area contributed by atoms with Crippen LogP contribution in [0.3, 0.4) is 0 Å². The predicted molar refractivity (Wildman–Crippen MR) is 81.3 cm³/mol. The normalized spacial score (nSPS) is 12.6. The van der Waals surface area contributed by atoms with E-state index in [9.17, 15) is 4.79 Å². The van der Waals surface area contributed by atoms with Gasteiger partial charge >= 0.3 is 4.87 Å². The van der Waals surface area contributed by atoms with Gasteiger partial charge in [0.25, 0.3) is 0 Å². The molecule has 0 aliphatic carbocycles. The molecular weight excluding hydrogens is 303 g/mol. The lowest BCUT2D eigenvalue weighted by Gasteiger charge is -2.17. The van der Waals surface area contributed by atoms with Gasteiger partial charge in [-0.05, 0) is 24.1 Å². The summed E-state index contributed by atoms with van der Waals surface area (Å²) in [5.41, 5.74) is 1.99. The first-order valence-corrected chi connectivity index (χ1v) is 7.58. The van der Waals surface area contributed by atoms with E-state index in [4.69, 9.17) is 23.2 Å². The van der Waals surface area contributed by atoms with Crippen LogP contribution in [0.25, 0.3) is 0 Å². The van der Waals surface area contributed by atoms with E-state index in [1.165, 1.54) is 11.3 Å². The van der Waals surface area contributed by atoms with Crippen LogP contribution in [0, 0.1) is 0 Å². The van der Waals surface area contributed by atoms with Crippen molar-refractivity contribution in [3.63, 3.8) is 0 Å². The average molecular weight is 317 g/mol. The third kappa shape index (κ3) is 3.83. The molecule has 0 aliphatic rings. The highest BCUT2D eigenvalue weighted by molar-refractivity contribution is 7.07. The summed E-state index contributed by atoms with van der Waals surface area (Å²) >= 11 is 13.1. The predicted octanol–water partition coefficient (Wildman–Crippen LogP) is 3.98. The summed E-state index contributed by atoms with van der Waals surface area (Å²) < 4.78 is 0. The van der Waals surface area contributed by atoms with E-state index in [1.54, 1.807) is 6.07 Å². The number of aromatic amines is 1. The van der Waals surface area contributed by atoms with E-state index < -0.39 is 0 Å². The molecule has 2 aromatic rings. The highest BCUT2D eigenvalue weighted by atomic mass is 35.5. The zero-order valence-corrected chi connectivity index (χ0v) is 12.7. The molecule has 2 N–H and O–H groups in total. The fraction of sp³-hybridized carbons (Fsp3) is 0.308. The molecular formula is C13H14Cl2N2OS. The quantitative estimate of drug-likeness (QED) is 0.876. The van der Waals surface area contributed by atoms with Crippen LogP contribution in [0.5, 0.6) is 0 Å². The van der Waals surface area contributed by atoms with Gasteiger partial charge in [0.1, 0.15) is 0 Å². The van der Waals surface area contributed by atoms with Gasteiger partial charge in [0.2, 0.25) is 0 Å². The highest BCUT2D eigenvalue weighted by Gasteiger charge is 2.11. The Morgan fingerprint density at radius 1 is 1.37 bits per heavy atom. The Labute approximate surface area is 125 Å². The number of rotatable bonds is 5. The van der Waals surface area contributed by atoms with E-state index in [-0.39, 0.29) is 10.9 Å². The second-order valence-corrected chi connectivity index (χ2v) is 5.85. The summed E-state index contributed by atoms with van der Waals surface area (Å²) in [4.78, 5) is 13.8. The molecule has 0 radical (unpaired) electrons. The van der Waals surface area contributed by atoms with Gasteiger partial charge in [-0.1, -0.05) is 47.5 Å². The molecule has 1 aromatic carbocycles. The molecule has 0 bridgehead atoms. The molecule has 0 saturated carbocycles. The highest BCUT2D eigenvalue weighted by Crippen LogP contribution is 2.27. The average Bonchev–Trinajstić information content (AvgIpc) is 2.80. The van der Waals surface area contributed by atoms with Crippen LogP contribution in [-0.2, 0) is 6.54 Å². The lowest BCUT2D eigenvalue weighted by Crippen LogP contribution is -2.20. The van der Waals surface area contributed by atoms with Crippen LogP contribution >= 0.6 is 34.5 Å². The summed E-state index contributed by atoms with van der Waals surface area (Å²) in [6, 6.07) is 5.82. The maximum absolute atomic E-state index is 11.1. The monoisotopic (exact) mass is 316 g/mol. The number of nitrogens with one attached hydrogen (secondary N) is 2. The zero-order chi connectivity index (χ0) is 13.8. The van der Waals surface area contributed by atoms with Gasteiger partial charge in [-0.15, -0.1) is 0 Å². The van der Waals surface area contributed by atoms with E-state index in [2.05, 4.69) is 17.2 Å². The Morgan fingerprint density at radius 3 is 2.74 bits per heavy atom. The van der Waals surface area contributed by atoms with Crippen molar-refractivity contribution in [3.05, 3.63) is 54.5 Å². The Hall–Kier alpha value is -0.810. The lowest BCUT2D eigenvalue weighted by atomic mass is 10.0. The Bertz CT molecular complexity index is 609. The molecule has 102 valence electrons. The van der Waals surface area contributed by atoms with E-state index in [0.717, 1.165) is 17.7 Å². The smallest absolute Gasteiger partial charge is 0.304 e.